The maximum absolute atomic E-state index is 12.6. The number of benzene rings is 1. The molecule has 0 spiro atoms. The summed E-state index contributed by atoms with van der Waals surface area (Å²) in [5, 5.41) is 5.60. The van der Waals surface area contributed by atoms with Gasteiger partial charge in [-0.1, -0.05) is 24.3 Å². The van der Waals surface area contributed by atoms with Crippen LogP contribution < -0.4 is 11.1 Å². The average molecular weight is 408 g/mol. The van der Waals surface area contributed by atoms with E-state index in [9.17, 15) is 13.2 Å². The van der Waals surface area contributed by atoms with Crippen molar-refractivity contribution in [2.75, 3.05) is 25.9 Å². The first-order chi connectivity index (χ1) is 13.3. The van der Waals surface area contributed by atoms with Gasteiger partial charge >= 0.3 is 0 Å². The Kier molecular flexibility index (Phi) is 6.24. The smallest absolute Gasteiger partial charge is 0.226 e. The van der Waals surface area contributed by atoms with E-state index in [1.54, 1.807) is 18.9 Å². The molecule has 2 aliphatic rings. The van der Waals surface area contributed by atoms with Crippen LogP contribution in [0.1, 0.15) is 37.8 Å². The van der Waals surface area contributed by atoms with Crippen molar-refractivity contribution < 1.29 is 13.2 Å². The van der Waals surface area contributed by atoms with Crippen LogP contribution in [0.15, 0.2) is 29.4 Å². The number of sulfone groups is 1. The molecule has 154 valence electrons. The molecule has 28 heavy (non-hydrogen) atoms. The van der Waals surface area contributed by atoms with Crippen LogP contribution in [0.25, 0.3) is 0 Å². The van der Waals surface area contributed by atoms with E-state index in [0.29, 0.717) is 19.5 Å². The van der Waals surface area contributed by atoms with E-state index in [1.807, 2.05) is 36.2 Å². The van der Waals surface area contributed by atoms with Crippen molar-refractivity contribution in [2.24, 2.45) is 11.0 Å². The zero-order valence-electron chi connectivity index (χ0n) is 16.7. The van der Waals surface area contributed by atoms with Crippen LogP contribution in [0.3, 0.4) is 0 Å². The lowest BCUT2D eigenvalue weighted by Crippen LogP contribution is -2.41. The normalized spacial score (nSPS) is 18.4. The lowest BCUT2D eigenvalue weighted by atomic mass is 9.98. The van der Waals surface area contributed by atoms with Crippen LogP contribution in [0, 0.1) is 5.92 Å². The second-order valence-electron chi connectivity index (χ2n) is 7.79. The summed E-state index contributed by atoms with van der Waals surface area (Å²) in [7, 11) is -1.16. The summed E-state index contributed by atoms with van der Waals surface area (Å²) in [4.78, 5) is 14.5. The molecule has 0 aliphatic carbocycles. The van der Waals surface area contributed by atoms with Gasteiger partial charge in [0, 0.05) is 25.7 Å². The fourth-order valence-electron chi connectivity index (χ4n) is 3.47. The molecule has 0 unspecified atom stereocenters. The largest absolute Gasteiger partial charge is 0.342 e. The van der Waals surface area contributed by atoms with Gasteiger partial charge < -0.3 is 4.90 Å². The highest BCUT2D eigenvalue weighted by molar-refractivity contribution is 7.91. The van der Waals surface area contributed by atoms with E-state index >= 15 is 0 Å². The molecular weight excluding hydrogens is 378 g/mol. The Morgan fingerprint density at radius 3 is 2.39 bits per heavy atom. The molecule has 9 heteroatoms. The Morgan fingerprint density at radius 1 is 1.21 bits per heavy atom. The summed E-state index contributed by atoms with van der Waals surface area (Å²) in [6.45, 7) is 4.72. The zero-order valence-corrected chi connectivity index (χ0v) is 17.5. The number of nitrogens with zero attached hydrogens (tertiary/aromatic N) is 3. The van der Waals surface area contributed by atoms with Gasteiger partial charge in [-0.05, 0) is 38.2 Å². The summed E-state index contributed by atoms with van der Waals surface area (Å²) in [5.41, 5.74) is 7.48. The van der Waals surface area contributed by atoms with Gasteiger partial charge in [0.1, 0.15) is 0 Å². The summed E-state index contributed by atoms with van der Waals surface area (Å²) >= 11 is 0. The highest BCUT2D eigenvalue weighted by atomic mass is 32.2. The van der Waals surface area contributed by atoms with Gasteiger partial charge in [-0.3, -0.25) is 9.80 Å². The Bertz CT molecular complexity index is 828. The third kappa shape index (κ3) is 4.82. The Hall–Kier alpha value is -2.13. The molecule has 0 bridgehead atoms. The molecule has 1 amide bonds. The number of carbonyl (C=O) groups is 1. The quantitative estimate of drug-likeness (QED) is 0.728. The van der Waals surface area contributed by atoms with Gasteiger partial charge in [-0.25, -0.2) is 14.0 Å². The average Bonchev–Trinajstić information content (AvgIpc) is 3.08. The molecule has 3 rings (SSSR count). The number of hydrogen-bond acceptors (Lipinski definition) is 7. The number of likely N-dealkylation sites (tertiary alicyclic amines) is 1. The fourth-order valence-corrected chi connectivity index (χ4v) is 4.84. The molecule has 0 aromatic heterocycles. The predicted octanol–water partition coefficient (Wildman–Crippen LogP) is 0.907. The topological polar surface area (TPSA) is 94.1 Å². The van der Waals surface area contributed by atoms with Gasteiger partial charge in [0.25, 0.3) is 0 Å². The van der Waals surface area contributed by atoms with Gasteiger partial charge in [0.2, 0.25) is 5.91 Å². The van der Waals surface area contributed by atoms with Crippen LogP contribution in [-0.2, 0) is 21.1 Å². The summed E-state index contributed by atoms with van der Waals surface area (Å²) in [5.74, 6) is 1.27. The molecule has 0 atom stereocenters. The monoisotopic (exact) mass is 407 g/mol. The van der Waals surface area contributed by atoms with Crippen molar-refractivity contribution in [3.63, 3.8) is 0 Å². The molecule has 0 saturated carbocycles. The van der Waals surface area contributed by atoms with Crippen LogP contribution in [0.4, 0.5) is 0 Å². The molecule has 2 aliphatic heterocycles. The lowest BCUT2D eigenvalue weighted by molar-refractivity contribution is -0.131. The minimum absolute atomic E-state index is 0.0941. The maximum Gasteiger partial charge on any atom is 0.226 e. The van der Waals surface area contributed by atoms with E-state index < -0.39 is 9.84 Å². The number of amidine groups is 1. The van der Waals surface area contributed by atoms with Crippen molar-refractivity contribution in [1.29, 1.82) is 0 Å². The van der Waals surface area contributed by atoms with E-state index in [0.717, 1.165) is 29.8 Å². The van der Waals surface area contributed by atoms with Gasteiger partial charge in [0.05, 0.1) is 17.4 Å². The molecule has 1 fully saturated rings. The van der Waals surface area contributed by atoms with Gasteiger partial charge in [-0.2, -0.15) is 0 Å². The number of hydrazone groups is 1. The number of piperidine rings is 1. The van der Waals surface area contributed by atoms with Gasteiger partial charge in [0.15, 0.2) is 15.7 Å². The van der Waals surface area contributed by atoms with Crippen molar-refractivity contribution in [1.82, 2.24) is 21.0 Å². The first-order valence-electron chi connectivity index (χ1n) is 9.67. The number of carbonyl (C=O) groups excluding carboxylic acids is 1. The molecule has 1 saturated heterocycles. The highest BCUT2D eigenvalue weighted by Gasteiger charge is 2.28. The Labute approximate surface area is 166 Å². The van der Waals surface area contributed by atoms with Gasteiger partial charge in [-0.15, -0.1) is 10.6 Å². The number of nitrogens with one attached hydrogen (secondary N) is 2. The molecule has 0 radical (unpaired) electrons. The van der Waals surface area contributed by atoms with Crippen molar-refractivity contribution in [3.05, 3.63) is 35.4 Å². The van der Waals surface area contributed by atoms with Crippen LogP contribution in [0.2, 0.25) is 0 Å². The Balaban J connectivity index is 1.51. The van der Waals surface area contributed by atoms with Crippen molar-refractivity contribution >= 4 is 21.6 Å². The van der Waals surface area contributed by atoms with E-state index in [4.69, 9.17) is 0 Å². The molecule has 2 N–H and O–H groups in total. The highest BCUT2D eigenvalue weighted by Crippen LogP contribution is 2.21. The minimum Gasteiger partial charge on any atom is -0.342 e. The maximum atomic E-state index is 12.6. The molecule has 1 aromatic carbocycles. The zero-order chi connectivity index (χ0) is 20.3. The SMILES string of the molecule is CC(C)S(=O)(=O)CC1CCN(C(=O)Cc2ccc(C3=NNNN3C)cc2)CC1. The predicted molar refractivity (Wildman–Crippen MR) is 109 cm³/mol. The number of hydrazine groups is 2. The number of rotatable bonds is 6. The Morgan fingerprint density at radius 2 is 1.86 bits per heavy atom. The third-order valence-corrected chi connectivity index (χ3v) is 7.79. The van der Waals surface area contributed by atoms with Crippen LogP contribution >= 0.6 is 0 Å². The third-order valence-electron chi connectivity index (χ3n) is 5.42. The molecule has 2 heterocycles. The lowest BCUT2D eigenvalue weighted by Gasteiger charge is -2.32. The molecule has 8 nitrogen and oxygen atoms in total. The van der Waals surface area contributed by atoms with Crippen LogP contribution in [0.5, 0.6) is 0 Å². The summed E-state index contributed by atoms with van der Waals surface area (Å²) in [6.07, 6.45) is 1.86. The number of amides is 1. The fraction of sp³-hybridized carbons (Fsp3) is 0.579. The van der Waals surface area contributed by atoms with E-state index in [2.05, 4.69) is 16.2 Å². The van der Waals surface area contributed by atoms with Crippen LogP contribution in [-0.4, -0.2) is 61.2 Å². The molecular formula is C19H29N5O3S. The first-order valence-corrected chi connectivity index (χ1v) is 11.4. The number of hydrogen-bond donors (Lipinski definition) is 2. The van der Waals surface area contributed by atoms with Crippen molar-refractivity contribution in [3.8, 4) is 0 Å². The second-order valence-corrected chi connectivity index (χ2v) is 10.4. The van der Waals surface area contributed by atoms with Crippen molar-refractivity contribution in [2.45, 2.75) is 38.4 Å². The standard InChI is InChI=1S/C19H29N5O3S/c1-14(2)28(26,27)13-16-8-10-24(11-9-16)18(25)12-15-4-6-17(7-5-15)19-20-21-22-23(19)3/h4-7,14,16,21-22H,8-13H2,1-3H3. The first kappa shape index (κ1) is 20.6. The van der Waals surface area contributed by atoms with E-state index in [1.165, 1.54) is 0 Å². The van der Waals surface area contributed by atoms with E-state index in [-0.39, 0.29) is 22.8 Å². The summed E-state index contributed by atoms with van der Waals surface area (Å²) < 4.78 is 24.2. The minimum atomic E-state index is -3.02. The molecule has 1 aromatic rings. The second kappa shape index (κ2) is 8.48. The summed E-state index contributed by atoms with van der Waals surface area (Å²) in [6, 6.07) is 7.80.